The van der Waals surface area contributed by atoms with E-state index in [-0.39, 0.29) is 23.4 Å². The average molecular weight is 449 g/mol. The van der Waals surface area contributed by atoms with Crippen molar-refractivity contribution in [3.63, 3.8) is 0 Å². The number of amides is 1. The molecule has 1 aliphatic carbocycles. The number of anilines is 1. The molecule has 1 aliphatic heterocycles. The Bertz CT molecular complexity index is 1430. The van der Waals surface area contributed by atoms with E-state index in [0.29, 0.717) is 40.2 Å². The molecule has 9 heteroatoms. The van der Waals surface area contributed by atoms with Gasteiger partial charge in [-0.25, -0.2) is 9.07 Å². The summed E-state index contributed by atoms with van der Waals surface area (Å²) in [6, 6.07) is 3.44. The summed E-state index contributed by atoms with van der Waals surface area (Å²) in [7, 11) is 0. The smallest absolute Gasteiger partial charge is 0.253 e. The molecule has 33 heavy (non-hydrogen) atoms. The largest absolute Gasteiger partial charge is 0.384 e. The van der Waals surface area contributed by atoms with Crippen LogP contribution in [-0.2, 0) is 4.74 Å². The van der Waals surface area contributed by atoms with Gasteiger partial charge in [0.25, 0.3) is 5.91 Å². The predicted octanol–water partition coefficient (Wildman–Crippen LogP) is 4.08. The minimum atomic E-state index is -0.645. The monoisotopic (exact) mass is 448 g/mol. The Morgan fingerprint density at radius 2 is 1.97 bits per heavy atom. The molecule has 4 N–H and O–H groups in total. The minimum Gasteiger partial charge on any atom is -0.384 e. The molecule has 1 saturated heterocycles. The molecule has 0 spiro atoms. The van der Waals surface area contributed by atoms with Crippen LogP contribution in [0.4, 0.5) is 10.2 Å². The number of primary amides is 1. The standard InChI is InChI=1S/C24H25FN6O2/c1-12-16(25)8-19-15(11-29-31(19)20-4-2-3-7-33-20)22(12)30-18-9-17(13-5-6-13)28-10-14(18)21(23(30)26)24(27)32/h8-11,13,20H,2-7,26H2,1H3,(H2,27,32). The van der Waals surface area contributed by atoms with Gasteiger partial charge in [-0.15, -0.1) is 0 Å². The Kier molecular flexibility index (Phi) is 4.45. The topological polar surface area (TPSA) is 114 Å². The van der Waals surface area contributed by atoms with E-state index in [2.05, 4.69) is 10.1 Å². The van der Waals surface area contributed by atoms with E-state index < -0.39 is 5.91 Å². The number of hydrogen-bond acceptors (Lipinski definition) is 5. The summed E-state index contributed by atoms with van der Waals surface area (Å²) in [6.07, 6.45) is 8.14. The SMILES string of the molecule is Cc1c(F)cc2c(cnn2C2CCCCO2)c1-n1c(N)c(C(N)=O)c2cnc(C3CC3)cc21. The van der Waals surface area contributed by atoms with Crippen LogP contribution in [0.25, 0.3) is 27.5 Å². The Hall–Kier alpha value is -3.46. The maximum absolute atomic E-state index is 15.3. The fraction of sp³-hybridized carbons (Fsp3) is 0.375. The number of aromatic nitrogens is 4. The second-order valence-corrected chi connectivity index (χ2v) is 9.04. The second kappa shape index (κ2) is 7.28. The van der Waals surface area contributed by atoms with Crippen molar-refractivity contribution < 1.29 is 13.9 Å². The number of ether oxygens (including phenoxy) is 1. The highest BCUT2D eigenvalue weighted by Gasteiger charge is 2.29. The van der Waals surface area contributed by atoms with Gasteiger partial charge in [-0.3, -0.25) is 14.3 Å². The molecule has 4 heterocycles. The zero-order valence-corrected chi connectivity index (χ0v) is 18.3. The van der Waals surface area contributed by atoms with Crippen molar-refractivity contribution in [2.24, 2.45) is 5.73 Å². The van der Waals surface area contributed by atoms with Crippen molar-refractivity contribution in [2.45, 2.75) is 51.2 Å². The molecule has 1 amide bonds. The van der Waals surface area contributed by atoms with Gasteiger partial charge in [-0.1, -0.05) is 0 Å². The van der Waals surface area contributed by atoms with E-state index in [4.69, 9.17) is 16.2 Å². The number of benzene rings is 1. The number of fused-ring (bicyclic) bond motifs is 2. The molecule has 6 rings (SSSR count). The first-order chi connectivity index (χ1) is 16.0. The lowest BCUT2D eigenvalue weighted by atomic mass is 10.1. The van der Waals surface area contributed by atoms with Gasteiger partial charge in [0.2, 0.25) is 0 Å². The summed E-state index contributed by atoms with van der Waals surface area (Å²) in [6.45, 7) is 2.36. The van der Waals surface area contributed by atoms with Crippen LogP contribution < -0.4 is 11.5 Å². The summed E-state index contributed by atoms with van der Waals surface area (Å²) >= 11 is 0. The number of rotatable bonds is 4. The molecule has 3 aromatic heterocycles. The zero-order valence-electron chi connectivity index (χ0n) is 18.3. The van der Waals surface area contributed by atoms with Crippen molar-refractivity contribution in [1.82, 2.24) is 19.3 Å². The molecule has 0 radical (unpaired) electrons. The Morgan fingerprint density at radius 1 is 1.15 bits per heavy atom. The molecular weight excluding hydrogens is 423 g/mol. The summed E-state index contributed by atoms with van der Waals surface area (Å²) < 4.78 is 24.7. The van der Waals surface area contributed by atoms with Gasteiger partial charge in [0.05, 0.1) is 28.5 Å². The van der Waals surface area contributed by atoms with Crippen molar-refractivity contribution in [1.29, 1.82) is 0 Å². The lowest BCUT2D eigenvalue weighted by Gasteiger charge is -2.23. The van der Waals surface area contributed by atoms with E-state index in [1.807, 2.05) is 6.07 Å². The molecule has 1 aromatic carbocycles. The van der Waals surface area contributed by atoms with Crippen LogP contribution in [0.2, 0.25) is 0 Å². The summed E-state index contributed by atoms with van der Waals surface area (Å²) in [4.78, 5) is 16.9. The summed E-state index contributed by atoms with van der Waals surface area (Å²) in [5.74, 6) is -0.457. The first-order valence-corrected chi connectivity index (χ1v) is 11.3. The number of halogens is 1. The number of hydrogen-bond donors (Lipinski definition) is 2. The number of carbonyl (C=O) groups is 1. The summed E-state index contributed by atoms with van der Waals surface area (Å²) in [5, 5.41) is 5.85. The van der Waals surface area contributed by atoms with Gasteiger partial charge in [0.1, 0.15) is 11.6 Å². The highest BCUT2D eigenvalue weighted by atomic mass is 19.1. The number of pyridine rings is 1. The third-order valence-corrected chi connectivity index (χ3v) is 6.87. The second-order valence-electron chi connectivity index (χ2n) is 9.04. The third kappa shape index (κ3) is 3.02. The molecule has 4 aromatic rings. The Balaban J connectivity index is 1.66. The van der Waals surface area contributed by atoms with Crippen LogP contribution in [0.1, 0.15) is 65.9 Å². The average Bonchev–Trinajstić information content (AvgIpc) is 3.51. The molecule has 1 unspecified atom stereocenters. The number of nitrogen functional groups attached to an aromatic ring is 1. The maximum Gasteiger partial charge on any atom is 0.253 e. The van der Waals surface area contributed by atoms with Crippen molar-refractivity contribution in [2.75, 3.05) is 12.3 Å². The molecule has 1 saturated carbocycles. The Morgan fingerprint density at radius 3 is 2.67 bits per heavy atom. The quantitative estimate of drug-likeness (QED) is 0.488. The van der Waals surface area contributed by atoms with Crippen LogP contribution in [0.5, 0.6) is 0 Å². The van der Waals surface area contributed by atoms with Crippen molar-refractivity contribution in [3.05, 3.63) is 47.2 Å². The fourth-order valence-corrected chi connectivity index (χ4v) is 5.00. The van der Waals surface area contributed by atoms with Gasteiger partial charge < -0.3 is 16.2 Å². The molecule has 170 valence electrons. The van der Waals surface area contributed by atoms with Crippen LogP contribution in [0, 0.1) is 12.7 Å². The van der Waals surface area contributed by atoms with E-state index in [1.165, 1.54) is 6.07 Å². The predicted molar refractivity (Wildman–Crippen MR) is 123 cm³/mol. The van der Waals surface area contributed by atoms with Gasteiger partial charge in [0, 0.05) is 46.8 Å². The fourth-order valence-electron chi connectivity index (χ4n) is 5.00. The lowest BCUT2D eigenvalue weighted by molar-refractivity contribution is -0.0366. The highest BCUT2D eigenvalue weighted by molar-refractivity contribution is 6.12. The van der Waals surface area contributed by atoms with E-state index in [0.717, 1.165) is 43.2 Å². The van der Waals surface area contributed by atoms with Gasteiger partial charge in [0.15, 0.2) is 6.23 Å². The van der Waals surface area contributed by atoms with Crippen LogP contribution in [0.3, 0.4) is 0 Å². The lowest BCUT2D eigenvalue weighted by Crippen LogP contribution is -2.19. The Labute approximate surface area is 189 Å². The van der Waals surface area contributed by atoms with Crippen LogP contribution in [0.15, 0.2) is 24.5 Å². The summed E-state index contributed by atoms with van der Waals surface area (Å²) in [5.41, 5.74) is 15.6. The minimum absolute atomic E-state index is 0.170. The van der Waals surface area contributed by atoms with E-state index in [9.17, 15) is 4.79 Å². The molecule has 2 aliphatic rings. The molecule has 8 nitrogen and oxygen atoms in total. The molecule has 2 fully saturated rings. The van der Waals surface area contributed by atoms with Crippen molar-refractivity contribution in [3.8, 4) is 5.69 Å². The van der Waals surface area contributed by atoms with Gasteiger partial charge >= 0.3 is 0 Å². The number of nitrogens with two attached hydrogens (primary N) is 2. The molecule has 1 atom stereocenters. The highest BCUT2D eigenvalue weighted by Crippen LogP contribution is 2.42. The first kappa shape index (κ1) is 20.2. The normalized spacial score (nSPS) is 18.9. The third-order valence-electron chi connectivity index (χ3n) is 6.87. The van der Waals surface area contributed by atoms with Crippen molar-refractivity contribution >= 4 is 33.5 Å². The first-order valence-electron chi connectivity index (χ1n) is 11.3. The van der Waals surface area contributed by atoms with Crippen LogP contribution >= 0.6 is 0 Å². The van der Waals surface area contributed by atoms with Gasteiger partial charge in [-0.2, -0.15) is 5.10 Å². The number of nitrogens with zero attached hydrogens (tertiary/aromatic N) is 4. The number of carbonyl (C=O) groups excluding carboxylic acids is 1. The zero-order chi connectivity index (χ0) is 22.9. The van der Waals surface area contributed by atoms with Crippen LogP contribution in [-0.4, -0.2) is 31.8 Å². The van der Waals surface area contributed by atoms with E-state index in [1.54, 1.807) is 28.6 Å². The molecule has 0 bridgehead atoms. The maximum atomic E-state index is 15.3. The van der Waals surface area contributed by atoms with Gasteiger partial charge in [-0.05, 0) is 45.1 Å². The molecular formula is C24H25FN6O2. The van der Waals surface area contributed by atoms with E-state index >= 15 is 4.39 Å².